The Bertz CT molecular complexity index is 619. The number of amides is 1. The average Bonchev–Trinajstić information content (AvgIpc) is 2.89. The summed E-state index contributed by atoms with van der Waals surface area (Å²) in [6.45, 7) is 2.77. The summed E-state index contributed by atoms with van der Waals surface area (Å²) >= 11 is 6.86. The molecule has 0 saturated heterocycles. The Morgan fingerprint density at radius 1 is 1.45 bits per heavy atom. The molecule has 106 valence electrons. The van der Waals surface area contributed by atoms with E-state index in [0.717, 1.165) is 24.3 Å². The van der Waals surface area contributed by atoms with E-state index in [9.17, 15) is 9.18 Å². The van der Waals surface area contributed by atoms with E-state index in [1.54, 1.807) is 0 Å². The molecule has 20 heavy (non-hydrogen) atoms. The van der Waals surface area contributed by atoms with Gasteiger partial charge in [0.25, 0.3) is 5.91 Å². The number of anilines is 2. The molecule has 0 saturated carbocycles. The first-order chi connectivity index (χ1) is 9.60. The maximum absolute atomic E-state index is 13.5. The third-order valence-corrected chi connectivity index (χ3v) is 3.44. The van der Waals surface area contributed by atoms with Gasteiger partial charge in [-0.05, 0) is 24.6 Å². The number of carbonyl (C=O) groups excluding carboxylic acids is 1. The fourth-order valence-electron chi connectivity index (χ4n) is 1.39. The quantitative estimate of drug-likeness (QED) is 0.887. The first-order valence-electron chi connectivity index (χ1n) is 5.94. The number of nitrogens with one attached hydrogen (secondary N) is 2. The lowest BCUT2D eigenvalue weighted by Crippen LogP contribution is -2.12. The molecule has 1 aromatic carbocycles. The summed E-state index contributed by atoms with van der Waals surface area (Å²) in [6, 6.07) is 3.93. The van der Waals surface area contributed by atoms with Gasteiger partial charge in [-0.15, -0.1) is 10.2 Å². The van der Waals surface area contributed by atoms with E-state index in [1.165, 1.54) is 18.2 Å². The van der Waals surface area contributed by atoms with E-state index in [2.05, 4.69) is 20.8 Å². The second-order valence-corrected chi connectivity index (χ2v) is 5.33. The normalized spacial score (nSPS) is 10.3. The van der Waals surface area contributed by atoms with Gasteiger partial charge in [-0.1, -0.05) is 29.9 Å². The van der Waals surface area contributed by atoms with E-state index < -0.39 is 11.7 Å². The smallest absolute Gasteiger partial charge is 0.286 e. The molecular weight excluding hydrogens is 303 g/mol. The zero-order valence-electron chi connectivity index (χ0n) is 10.6. The summed E-state index contributed by atoms with van der Waals surface area (Å²) in [7, 11) is 0. The fraction of sp³-hybridized carbons (Fsp3) is 0.250. The van der Waals surface area contributed by atoms with Crippen molar-refractivity contribution in [1.29, 1.82) is 0 Å². The summed E-state index contributed by atoms with van der Waals surface area (Å²) in [5.74, 6) is -1.08. The molecule has 2 aromatic rings. The lowest BCUT2D eigenvalue weighted by molar-refractivity contribution is 0.102. The van der Waals surface area contributed by atoms with Crippen LogP contribution in [0.1, 0.15) is 23.1 Å². The van der Waals surface area contributed by atoms with Crippen molar-refractivity contribution in [3.63, 3.8) is 0 Å². The second-order valence-electron chi connectivity index (χ2n) is 3.92. The molecule has 0 spiro atoms. The maximum Gasteiger partial charge on any atom is 0.286 e. The largest absolute Gasteiger partial charge is 0.360 e. The van der Waals surface area contributed by atoms with Gasteiger partial charge < -0.3 is 10.6 Å². The molecule has 1 amide bonds. The third kappa shape index (κ3) is 3.64. The van der Waals surface area contributed by atoms with Crippen molar-refractivity contribution in [2.24, 2.45) is 0 Å². The maximum atomic E-state index is 13.5. The minimum Gasteiger partial charge on any atom is -0.360 e. The van der Waals surface area contributed by atoms with Gasteiger partial charge in [0, 0.05) is 11.6 Å². The van der Waals surface area contributed by atoms with Crippen molar-refractivity contribution in [3.8, 4) is 0 Å². The number of rotatable bonds is 5. The molecule has 0 aliphatic carbocycles. The Balaban J connectivity index is 2.08. The minimum absolute atomic E-state index is 0.0146. The first kappa shape index (κ1) is 14.7. The zero-order valence-corrected chi connectivity index (χ0v) is 12.2. The summed E-state index contributed by atoms with van der Waals surface area (Å²) in [4.78, 5) is 11.9. The van der Waals surface area contributed by atoms with Crippen LogP contribution in [0, 0.1) is 5.82 Å². The molecule has 0 atom stereocenters. The van der Waals surface area contributed by atoms with Gasteiger partial charge in [-0.2, -0.15) is 0 Å². The van der Waals surface area contributed by atoms with E-state index in [0.29, 0.717) is 10.2 Å². The van der Waals surface area contributed by atoms with Crippen LogP contribution < -0.4 is 10.6 Å². The molecular formula is C12H12ClFN4OS. The highest BCUT2D eigenvalue weighted by Gasteiger charge is 2.14. The molecule has 2 rings (SSSR count). The summed E-state index contributed by atoms with van der Waals surface area (Å²) in [5.41, 5.74) is 0.0146. The monoisotopic (exact) mass is 314 g/mol. The van der Waals surface area contributed by atoms with Crippen molar-refractivity contribution < 1.29 is 9.18 Å². The molecule has 8 heteroatoms. The summed E-state index contributed by atoms with van der Waals surface area (Å²) < 4.78 is 13.5. The first-order valence-corrected chi connectivity index (χ1v) is 7.13. The van der Waals surface area contributed by atoms with Crippen LogP contribution in [0.15, 0.2) is 18.2 Å². The highest BCUT2D eigenvalue weighted by atomic mass is 35.5. The highest BCUT2D eigenvalue weighted by Crippen LogP contribution is 2.21. The van der Waals surface area contributed by atoms with Crippen molar-refractivity contribution >= 4 is 39.7 Å². The van der Waals surface area contributed by atoms with Gasteiger partial charge in [0.15, 0.2) is 0 Å². The Kier molecular flexibility index (Phi) is 4.86. The predicted molar refractivity (Wildman–Crippen MR) is 78.1 cm³/mol. The molecule has 0 radical (unpaired) electrons. The van der Waals surface area contributed by atoms with Crippen LogP contribution in [0.5, 0.6) is 0 Å². The van der Waals surface area contributed by atoms with Crippen LogP contribution in [0.3, 0.4) is 0 Å². The molecule has 0 unspecified atom stereocenters. The van der Waals surface area contributed by atoms with Crippen molar-refractivity contribution in [2.45, 2.75) is 13.3 Å². The lowest BCUT2D eigenvalue weighted by atomic mass is 10.3. The summed E-state index contributed by atoms with van der Waals surface area (Å²) in [6.07, 6.45) is 0.939. The second kappa shape index (κ2) is 6.62. The van der Waals surface area contributed by atoms with Crippen LogP contribution in [0.4, 0.5) is 15.2 Å². The average molecular weight is 315 g/mol. The van der Waals surface area contributed by atoms with E-state index >= 15 is 0 Å². The van der Waals surface area contributed by atoms with Gasteiger partial charge in [-0.25, -0.2) is 4.39 Å². The topological polar surface area (TPSA) is 66.9 Å². The van der Waals surface area contributed by atoms with Gasteiger partial charge >= 0.3 is 0 Å². The Hall–Kier alpha value is -1.73. The minimum atomic E-state index is -0.559. The van der Waals surface area contributed by atoms with E-state index in [-0.39, 0.29) is 10.7 Å². The molecule has 5 nitrogen and oxygen atoms in total. The van der Waals surface area contributed by atoms with Gasteiger partial charge in [0.2, 0.25) is 10.1 Å². The lowest BCUT2D eigenvalue weighted by Gasteiger charge is -2.04. The van der Waals surface area contributed by atoms with Crippen LogP contribution in [-0.2, 0) is 0 Å². The molecule has 0 fully saturated rings. The van der Waals surface area contributed by atoms with E-state index in [4.69, 9.17) is 11.6 Å². The predicted octanol–water partition coefficient (Wildman–Crippen LogP) is 3.40. The van der Waals surface area contributed by atoms with Crippen molar-refractivity contribution in [3.05, 3.63) is 34.0 Å². The van der Waals surface area contributed by atoms with Crippen molar-refractivity contribution in [2.75, 3.05) is 17.2 Å². The molecule has 2 N–H and O–H groups in total. The van der Waals surface area contributed by atoms with Gasteiger partial charge in [-0.3, -0.25) is 4.79 Å². The molecule has 0 bridgehead atoms. The number of hydrogen-bond acceptors (Lipinski definition) is 5. The van der Waals surface area contributed by atoms with E-state index in [1.807, 2.05) is 6.92 Å². The molecule has 1 heterocycles. The molecule has 1 aromatic heterocycles. The standard InChI is InChI=1S/C12H12ClFN4OS/c1-2-5-15-12-18-17-11(20-12)10(19)16-9-6-7(13)3-4-8(9)14/h3-4,6H,2,5H2,1H3,(H,15,18)(H,16,19). The van der Waals surface area contributed by atoms with Crippen LogP contribution in [0.2, 0.25) is 5.02 Å². The number of halogens is 2. The Morgan fingerprint density at radius 3 is 3.00 bits per heavy atom. The van der Waals surface area contributed by atoms with Crippen LogP contribution in [-0.4, -0.2) is 22.6 Å². The summed E-state index contributed by atoms with van der Waals surface area (Å²) in [5, 5.41) is 14.1. The van der Waals surface area contributed by atoms with Crippen LogP contribution >= 0.6 is 22.9 Å². The highest BCUT2D eigenvalue weighted by molar-refractivity contribution is 7.17. The fourth-order valence-corrected chi connectivity index (χ4v) is 2.22. The van der Waals surface area contributed by atoms with Gasteiger partial charge in [0.1, 0.15) is 5.82 Å². The van der Waals surface area contributed by atoms with Crippen molar-refractivity contribution in [1.82, 2.24) is 10.2 Å². The third-order valence-electron chi connectivity index (χ3n) is 2.32. The number of hydrogen-bond donors (Lipinski definition) is 2. The number of nitrogens with zero attached hydrogens (tertiary/aromatic N) is 2. The number of benzene rings is 1. The number of aromatic nitrogens is 2. The van der Waals surface area contributed by atoms with Crippen LogP contribution in [0.25, 0.3) is 0 Å². The number of carbonyl (C=O) groups is 1. The Labute approximate surface area is 124 Å². The molecule has 0 aliphatic rings. The Morgan fingerprint density at radius 2 is 2.25 bits per heavy atom. The molecule has 0 aliphatic heterocycles. The van der Waals surface area contributed by atoms with Gasteiger partial charge in [0.05, 0.1) is 5.69 Å². The zero-order chi connectivity index (χ0) is 14.5. The SMILES string of the molecule is CCCNc1nnc(C(=O)Nc2cc(Cl)ccc2F)s1.